The van der Waals surface area contributed by atoms with Crippen molar-refractivity contribution in [2.24, 2.45) is 0 Å². The van der Waals surface area contributed by atoms with Gasteiger partial charge >= 0.3 is 6.09 Å². The highest BCUT2D eigenvalue weighted by atomic mass is 35.5. The Morgan fingerprint density at radius 3 is 2.71 bits per heavy atom. The van der Waals surface area contributed by atoms with Crippen molar-refractivity contribution in [2.45, 2.75) is 38.8 Å². The molecule has 1 N–H and O–H groups in total. The summed E-state index contributed by atoms with van der Waals surface area (Å²) in [4.78, 5) is 27.9. The number of halogens is 1. The first-order chi connectivity index (χ1) is 11.2. The average molecular weight is 355 g/mol. The van der Waals surface area contributed by atoms with E-state index in [-0.39, 0.29) is 25.1 Å². The van der Waals surface area contributed by atoms with Gasteiger partial charge < -0.3 is 14.7 Å². The third-order valence-corrected chi connectivity index (χ3v) is 3.89. The smallest absolute Gasteiger partial charge is 0.411 e. The molecule has 2 rings (SSSR count). The van der Waals surface area contributed by atoms with Crippen LogP contribution in [0.1, 0.15) is 27.2 Å². The summed E-state index contributed by atoms with van der Waals surface area (Å²) in [5.74, 6) is -0.211. The molecule has 1 heterocycles. The van der Waals surface area contributed by atoms with Gasteiger partial charge in [0.05, 0.1) is 6.04 Å². The molecule has 24 heavy (non-hydrogen) atoms. The molecule has 1 atom stereocenters. The van der Waals surface area contributed by atoms with Crippen molar-refractivity contribution < 1.29 is 19.4 Å². The molecule has 1 aromatic carbocycles. The standard InChI is InChI=1S/C17H23ClN2O4/c1-17(2,3)24-16(23)20-11-15(22)19(10-14(20)7-8-21)13-6-4-5-12(18)9-13/h4-6,9,14,21H,7-8,10-11H2,1-3H3. The van der Waals surface area contributed by atoms with E-state index in [1.807, 2.05) is 0 Å². The Balaban J connectivity index is 2.20. The van der Waals surface area contributed by atoms with Crippen LogP contribution >= 0.6 is 11.6 Å². The topological polar surface area (TPSA) is 70.1 Å². The third kappa shape index (κ3) is 4.61. The molecule has 6 nitrogen and oxygen atoms in total. The van der Waals surface area contributed by atoms with Crippen LogP contribution in [-0.4, -0.2) is 53.3 Å². The van der Waals surface area contributed by atoms with E-state index >= 15 is 0 Å². The summed E-state index contributed by atoms with van der Waals surface area (Å²) in [6.45, 7) is 5.44. The molecule has 0 radical (unpaired) electrons. The largest absolute Gasteiger partial charge is 0.444 e. The van der Waals surface area contributed by atoms with Crippen LogP contribution in [0.3, 0.4) is 0 Å². The summed E-state index contributed by atoms with van der Waals surface area (Å²) in [6, 6.07) is 6.69. The van der Waals surface area contributed by atoms with Crippen molar-refractivity contribution in [3.63, 3.8) is 0 Å². The lowest BCUT2D eigenvalue weighted by molar-refractivity contribution is -0.122. The lowest BCUT2D eigenvalue weighted by atomic mass is 10.1. The fourth-order valence-electron chi connectivity index (χ4n) is 2.60. The molecule has 1 aromatic rings. The number of amides is 2. The molecule has 0 saturated carbocycles. The minimum atomic E-state index is -0.645. The van der Waals surface area contributed by atoms with Crippen molar-refractivity contribution in [3.05, 3.63) is 29.3 Å². The Kier molecular flexibility index (Phi) is 5.72. The fraction of sp³-hybridized carbons (Fsp3) is 0.529. The van der Waals surface area contributed by atoms with E-state index in [0.29, 0.717) is 23.7 Å². The molecular formula is C17H23ClN2O4. The Bertz CT molecular complexity index is 615. The summed E-state index contributed by atoms with van der Waals surface area (Å²) >= 11 is 6.00. The summed E-state index contributed by atoms with van der Waals surface area (Å²) < 4.78 is 5.38. The van der Waals surface area contributed by atoms with Crippen LogP contribution < -0.4 is 4.90 Å². The van der Waals surface area contributed by atoms with E-state index in [1.54, 1.807) is 49.9 Å². The maximum Gasteiger partial charge on any atom is 0.411 e. The van der Waals surface area contributed by atoms with Crippen LogP contribution in [0.4, 0.5) is 10.5 Å². The number of benzene rings is 1. The van der Waals surface area contributed by atoms with Crippen LogP contribution in [0, 0.1) is 0 Å². The number of ether oxygens (including phenoxy) is 1. The molecule has 1 unspecified atom stereocenters. The van der Waals surface area contributed by atoms with E-state index < -0.39 is 11.7 Å². The van der Waals surface area contributed by atoms with E-state index in [9.17, 15) is 14.7 Å². The molecule has 0 bridgehead atoms. The van der Waals surface area contributed by atoms with E-state index in [2.05, 4.69) is 0 Å². The zero-order valence-corrected chi connectivity index (χ0v) is 14.9. The van der Waals surface area contributed by atoms with Gasteiger partial charge in [-0.25, -0.2) is 4.79 Å². The van der Waals surface area contributed by atoms with Crippen molar-refractivity contribution in [1.82, 2.24) is 4.90 Å². The van der Waals surface area contributed by atoms with Crippen molar-refractivity contribution in [1.29, 1.82) is 0 Å². The normalized spacial score (nSPS) is 18.7. The number of aliphatic hydroxyl groups excluding tert-OH is 1. The zero-order valence-electron chi connectivity index (χ0n) is 14.2. The second kappa shape index (κ2) is 7.40. The van der Waals surface area contributed by atoms with E-state index in [4.69, 9.17) is 16.3 Å². The van der Waals surface area contributed by atoms with Crippen molar-refractivity contribution in [2.75, 3.05) is 24.6 Å². The number of nitrogens with zero attached hydrogens (tertiary/aromatic N) is 2. The van der Waals surface area contributed by atoms with Crippen LogP contribution in [-0.2, 0) is 9.53 Å². The molecule has 1 aliphatic heterocycles. The molecule has 132 valence electrons. The third-order valence-electron chi connectivity index (χ3n) is 3.65. The zero-order chi connectivity index (χ0) is 17.9. The summed E-state index contributed by atoms with van der Waals surface area (Å²) in [5.41, 5.74) is 0.0350. The predicted octanol–water partition coefficient (Wildman–Crippen LogP) is 2.67. The number of aliphatic hydroxyl groups is 1. The number of rotatable bonds is 3. The van der Waals surface area contributed by atoms with Gasteiger partial charge in [-0.3, -0.25) is 9.69 Å². The molecule has 1 fully saturated rings. The molecule has 1 saturated heterocycles. The lowest BCUT2D eigenvalue weighted by Gasteiger charge is -2.41. The Hall–Kier alpha value is -1.79. The minimum Gasteiger partial charge on any atom is -0.444 e. The number of carbonyl (C=O) groups excluding carboxylic acids is 2. The van der Waals surface area contributed by atoms with Crippen LogP contribution in [0.5, 0.6) is 0 Å². The molecule has 1 aliphatic rings. The first-order valence-electron chi connectivity index (χ1n) is 7.87. The van der Waals surface area contributed by atoms with Crippen LogP contribution in [0.15, 0.2) is 24.3 Å². The van der Waals surface area contributed by atoms with Gasteiger partial charge in [-0.15, -0.1) is 0 Å². The van der Waals surface area contributed by atoms with E-state index in [1.165, 1.54) is 4.90 Å². The highest BCUT2D eigenvalue weighted by molar-refractivity contribution is 6.30. The Morgan fingerprint density at radius 1 is 1.42 bits per heavy atom. The van der Waals surface area contributed by atoms with Gasteiger partial charge in [-0.2, -0.15) is 0 Å². The van der Waals surface area contributed by atoms with E-state index in [0.717, 1.165) is 0 Å². The minimum absolute atomic E-state index is 0.0818. The maximum atomic E-state index is 12.5. The van der Waals surface area contributed by atoms with Gasteiger partial charge in [-0.05, 0) is 45.4 Å². The molecule has 7 heteroatoms. The van der Waals surface area contributed by atoms with Crippen molar-refractivity contribution >= 4 is 29.3 Å². The second-order valence-corrected chi connectivity index (χ2v) is 7.19. The highest BCUT2D eigenvalue weighted by Crippen LogP contribution is 2.25. The summed E-state index contributed by atoms with van der Waals surface area (Å²) in [7, 11) is 0. The molecule has 0 spiro atoms. The summed E-state index contributed by atoms with van der Waals surface area (Å²) in [5, 5.41) is 9.85. The maximum absolute atomic E-state index is 12.5. The number of hydrogen-bond donors (Lipinski definition) is 1. The van der Waals surface area contributed by atoms with Gasteiger partial charge in [-0.1, -0.05) is 17.7 Å². The van der Waals surface area contributed by atoms with Crippen LogP contribution in [0.25, 0.3) is 0 Å². The predicted molar refractivity (Wildman–Crippen MR) is 92.2 cm³/mol. The number of hydrogen-bond acceptors (Lipinski definition) is 4. The molecule has 2 amide bonds. The fourth-order valence-corrected chi connectivity index (χ4v) is 2.78. The van der Waals surface area contributed by atoms with Gasteiger partial charge in [0.15, 0.2) is 0 Å². The molecular weight excluding hydrogens is 332 g/mol. The first kappa shape index (κ1) is 18.5. The Labute approximate surface area is 146 Å². The monoisotopic (exact) mass is 354 g/mol. The highest BCUT2D eigenvalue weighted by Gasteiger charge is 2.37. The molecule has 0 aromatic heterocycles. The quantitative estimate of drug-likeness (QED) is 0.906. The number of anilines is 1. The molecule has 0 aliphatic carbocycles. The van der Waals surface area contributed by atoms with Gasteiger partial charge in [0.2, 0.25) is 5.91 Å². The van der Waals surface area contributed by atoms with Crippen molar-refractivity contribution in [3.8, 4) is 0 Å². The second-order valence-electron chi connectivity index (χ2n) is 6.76. The van der Waals surface area contributed by atoms with Crippen LogP contribution in [0.2, 0.25) is 5.02 Å². The lowest BCUT2D eigenvalue weighted by Crippen LogP contribution is -2.59. The van der Waals surface area contributed by atoms with Gasteiger partial charge in [0.25, 0.3) is 0 Å². The number of piperazine rings is 1. The van der Waals surface area contributed by atoms with Gasteiger partial charge in [0.1, 0.15) is 12.1 Å². The number of carbonyl (C=O) groups is 2. The summed E-state index contributed by atoms with van der Waals surface area (Å²) in [6.07, 6.45) is -0.177. The SMILES string of the molecule is CC(C)(C)OC(=O)N1CC(=O)N(c2cccc(Cl)c2)CC1CCO. The first-order valence-corrected chi connectivity index (χ1v) is 8.25. The Morgan fingerprint density at radius 2 is 2.12 bits per heavy atom. The average Bonchev–Trinajstić information content (AvgIpc) is 2.47. The van der Waals surface area contributed by atoms with Gasteiger partial charge in [0, 0.05) is 23.9 Å².